The van der Waals surface area contributed by atoms with Crippen LogP contribution >= 0.6 is 15.9 Å². The lowest BCUT2D eigenvalue weighted by molar-refractivity contribution is -0.139. The van der Waals surface area contributed by atoms with Gasteiger partial charge in [-0.25, -0.2) is 13.1 Å². The van der Waals surface area contributed by atoms with E-state index in [1.54, 1.807) is 12.1 Å². The van der Waals surface area contributed by atoms with Crippen LogP contribution in [0.25, 0.3) is 0 Å². The van der Waals surface area contributed by atoms with Crippen molar-refractivity contribution in [1.82, 2.24) is 4.72 Å². The van der Waals surface area contributed by atoms with Crippen LogP contribution < -0.4 is 4.72 Å². The number of hydrogen-bond donors (Lipinski definition) is 1. The Hall–Kier alpha value is -1.38. The predicted molar refractivity (Wildman–Crippen MR) is 85.9 cm³/mol. The molecule has 1 unspecified atom stereocenters. The van der Waals surface area contributed by atoms with Gasteiger partial charge in [-0.1, -0.05) is 34.1 Å². The van der Waals surface area contributed by atoms with Crippen molar-refractivity contribution in [3.63, 3.8) is 0 Å². The van der Waals surface area contributed by atoms with E-state index in [1.807, 2.05) is 6.07 Å². The fourth-order valence-electron chi connectivity index (χ4n) is 2.81. The molecule has 0 aromatic heterocycles. The first-order valence-corrected chi connectivity index (χ1v) is 9.31. The number of hydrogen-bond acceptors (Lipinski definition) is 2. The maximum Gasteiger partial charge on any atom is 0.417 e. The number of sulfonamides is 1. The first kappa shape index (κ1) is 17.4. The molecule has 2 aromatic rings. The van der Waals surface area contributed by atoms with Crippen LogP contribution in [0.15, 0.2) is 45.8 Å². The SMILES string of the molecule is O=S(=O)(NC1Cc2c[c]ccc2C1)c1ccc(Br)cc1C(F)(F)F. The van der Waals surface area contributed by atoms with Crippen LogP contribution in [-0.4, -0.2) is 14.5 Å². The van der Waals surface area contributed by atoms with Crippen LogP contribution in [0.3, 0.4) is 0 Å². The van der Waals surface area contributed by atoms with Gasteiger partial charge in [0.05, 0.1) is 10.5 Å². The Kier molecular flexibility index (Phi) is 4.48. The third-order valence-corrected chi connectivity index (χ3v) is 5.91. The van der Waals surface area contributed by atoms with E-state index in [-0.39, 0.29) is 4.47 Å². The van der Waals surface area contributed by atoms with E-state index in [2.05, 4.69) is 26.7 Å². The molecule has 2 aromatic carbocycles. The van der Waals surface area contributed by atoms with Gasteiger partial charge in [-0.3, -0.25) is 0 Å². The summed E-state index contributed by atoms with van der Waals surface area (Å²) in [5, 5.41) is 0. The molecule has 0 bridgehead atoms. The van der Waals surface area contributed by atoms with Gasteiger partial charge in [0.1, 0.15) is 0 Å². The molecule has 0 saturated heterocycles. The Labute approximate surface area is 146 Å². The van der Waals surface area contributed by atoms with Crippen molar-refractivity contribution in [2.75, 3.05) is 0 Å². The van der Waals surface area contributed by atoms with E-state index in [4.69, 9.17) is 0 Å². The maximum atomic E-state index is 13.2. The minimum absolute atomic E-state index is 0.164. The minimum Gasteiger partial charge on any atom is -0.207 e. The summed E-state index contributed by atoms with van der Waals surface area (Å²) in [5.41, 5.74) is 0.749. The van der Waals surface area contributed by atoms with Crippen molar-refractivity contribution in [2.45, 2.75) is 30.0 Å². The topological polar surface area (TPSA) is 46.2 Å². The van der Waals surface area contributed by atoms with Crippen LogP contribution in [0.1, 0.15) is 16.7 Å². The lowest BCUT2D eigenvalue weighted by atomic mass is 10.1. The second-order valence-electron chi connectivity index (χ2n) is 5.56. The zero-order valence-corrected chi connectivity index (χ0v) is 14.6. The molecule has 0 aliphatic heterocycles. The van der Waals surface area contributed by atoms with Gasteiger partial charge >= 0.3 is 6.18 Å². The van der Waals surface area contributed by atoms with Crippen molar-refractivity contribution < 1.29 is 21.6 Å². The fraction of sp³-hybridized carbons (Fsp3) is 0.250. The van der Waals surface area contributed by atoms with Gasteiger partial charge in [0.15, 0.2) is 0 Å². The highest BCUT2D eigenvalue weighted by atomic mass is 79.9. The smallest absolute Gasteiger partial charge is 0.207 e. The van der Waals surface area contributed by atoms with E-state index < -0.39 is 32.7 Å². The van der Waals surface area contributed by atoms with Crippen molar-refractivity contribution in [2.24, 2.45) is 0 Å². The molecule has 0 saturated carbocycles. The summed E-state index contributed by atoms with van der Waals surface area (Å²) in [5.74, 6) is 0. The van der Waals surface area contributed by atoms with Gasteiger partial charge in [0.25, 0.3) is 0 Å². The summed E-state index contributed by atoms with van der Waals surface area (Å²) < 4.78 is 67.0. The first-order valence-electron chi connectivity index (χ1n) is 7.04. The number of benzene rings is 2. The molecule has 3 nitrogen and oxygen atoms in total. The van der Waals surface area contributed by atoms with Crippen molar-refractivity contribution in [1.29, 1.82) is 0 Å². The number of fused-ring (bicyclic) bond motifs is 1. The van der Waals surface area contributed by atoms with Gasteiger partial charge < -0.3 is 0 Å². The van der Waals surface area contributed by atoms with Crippen LogP contribution in [0.5, 0.6) is 0 Å². The lowest BCUT2D eigenvalue weighted by Crippen LogP contribution is -2.36. The average Bonchev–Trinajstić information content (AvgIpc) is 2.87. The molecule has 0 fully saturated rings. The molecular weight excluding hydrogens is 407 g/mol. The van der Waals surface area contributed by atoms with Crippen molar-refractivity contribution >= 4 is 26.0 Å². The molecule has 0 heterocycles. The van der Waals surface area contributed by atoms with E-state index in [0.29, 0.717) is 12.8 Å². The van der Waals surface area contributed by atoms with E-state index in [0.717, 1.165) is 23.3 Å². The number of alkyl halides is 3. The molecule has 0 amide bonds. The summed E-state index contributed by atoms with van der Waals surface area (Å²) in [6.45, 7) is 0. The van der Waals surface area contributed by atoms with Crippen molar-refractivity contribution in [3.05, 3.63) is 63.6 Å². The van der Waals surface area contributed by atoms with Gasteiger partial charge in [-0.05, 0) is 48.2 Å². The Balaban J connectivity index is 1.90. The zero-order valence-electron chi connectivity index (χ0n) is 12.2. The highest BCUT2D eigenvalue weighted by molar-refractivity contribution is 9.10. The maximum absolute atomic E-state index is 13.2. The Morgan fingerprint density at radius 3 is 2.54 bits per heavy atom. The largest absolute Gasteiger partial charge is 0.417 e. The standard InChI is InChI=1S/C16H12BrF3NO2S/c17-12-5-6-15(14(9-12)16(18,19)20)24(22,23)21-13-7-10-3-1-2-4-11(10)8-13/h1,3-6,9,13,21H,7-8H2. The second-order valence-corrected chi connectivity index (χ2v) is 8.16. The van der Waals surface area contributed by atoms with Gasteiger partial charge in [-0.15, -0.1) is 0 Å². The molecule has 1 aliphatic rings. The summed E-state index contributed by atoms with van der Waals surface area (Å²) in [4.78, 5) is -0.763. The molecule has 127 valence electrons. The molecule has 1 aliphatic carbocycles. The van der Waals surface area contributed by atoms with Crippen LogP contribution in [0.4, 0.5) is 13.2 Å². The second kappa shape index (κ2) is 6.16. The number of rotatable bonds is 3. The van der Waals surface area contributed by atoms with Crippen LogP contribution in [-0.2, 0) is 29.0 Å². The molecule has 8 heteroatoms. The summed E-state index contributed by atoms with van der Waals surface area (Å²) >= 11 is 2.94. The quantitative estimate of drug-likeness (QED) is 0.825. The Morgan fingerprint density at radius 2 is 1.88 bits per heavy atom. The van der Waals surface area contributed by atoms with Gasteiger partial charge in [-0.2, -0.15) is 13.2 Å². The number of halogens is 4. The average molecular weight is 419 g/mol. The van der Waals surface area contributed by atoms with E-state index in [1.165, 1.54) is 6.07 Å². The zero-order chi connectivity index (χ0) is 17.5. The highest BCUT2D eigenvalue weighted by Gasteiger charge is 2.38. The van der Waals surface area contributed by atoms with Gasteiger partial charge in [0, 0.05) is 10.5 Å². The Morgan fingerprint density at radius 1 is 1.17 bits per heavy atom. The summed E-state index contributed by atoms with van der Waals surface area (Å²) in [6.07, 6.45) is -3.88. The predicted octanol–water partition coefficient (Wildman–Crippen LogP) is 3.71. The molecule has 0 spiro atoms. The van der Waals surface area contributed by atoms with E-state index in [9.17, 15) is 21.6 Å². The molecule has 3 rings (SSSR count). The number of nitrogens with one attached hydrogen (secondary N) is 1. The molecule has 24 heavy (non-hydrogen) atoms. The molecule has 1 atom stereocenters. The Bertz CT molecular complexity index is 856. The normalized spacial score (nSPS) is 15.5. The molecular formula is C16H12BrF3NO2S. The highest BCUT2D eigenvalue weighted by Crippen LogP contribution is 2.36. The van der Waals surface area contributed by atoms with Crippen LogP contribution in [0.2, 0.25) is 0 Å². The van der Waals surface area contributed by atoms with Crippen molar-refractivity contribution in [3.8, 4) is 0 Å². The fourth-order valence-corrected chi connectivity index (χ4v) is 4.62. The van der Waals surface area contributed by atoms with E-state index >= 15 is 0 Å². The first-order chi connectivity index (χ1) is 11.2. The lowest BCUT2D eigenvalue weighted by Gasteiger charge is -2.17. The monoisotopic (exact) mass is 418 g/mol. The molecule has 1 N–H and O–H groups in total. The minimum atomic E-state index is -4.76. The van der Waals surface area contributed by atoms with Gasteiger partial charge in [0.2, 0.25) is 10.0 Å². The molecule has 1 radical (unpaired) electrons. The van der Waals surface area contributed by atoms with Crippen LogP contribution in [0, 0.1) is 6.07 Å². The summed E-state index contributed by atoms with van der Waals surface area (Å²) in [6, 6.07) is 10.8. The summed E-state index contributed by atoms with van der Waals surface area (Å²) in [7, 11) is -4.29. The third-order valence-electron chi connectivity index (χ3n) is 3.84. The third kappa shape index (κ3) is 3.50.